The fourth-order valence-corrected chi connectivity index (χ4v) is 4.46. The van der Waals surface area contributed by atoms with E-state index in [1.165, 1.54) is 5.56 Å². The molecule has 0 aliphatic carbocycles. The van der Waals surface area contributed by atoms with Gasteiger partial charge in [0, 0.05) is 17.9 Å². The number of hydrogen-bond acceptors (Lipinski definition) is 4. The molecule has 1 aliphatic heterocycles. The van der Waals surface area contributed by atoms with Crippen LogP contribution in [0, 0.1) is 0 Å². The minimum Gasteiger partial charge on any atom is -0.494 e. The quantitative estimate of drug-likeness (QED) is 0.547. The predicted molar refractivity (Wildman–Crippen MR) is 124 cm³/mol. The first-order valence-corrected chi connectivity index (χ1v) is 11.0. The molecule has 4 nitrogen and oxygen atoms in total. The average Bonchev–Trinajstić information content (AvgIpc) is 2.80. The van der Waals surface area contributed by atoms with Crippen LogP contribution in [0.25, 0.3) is 0 Å². The van der Waals surface area contributed by atoms with Gasteiger partial charge in [-0.2, -0.15) is 0 Å². The molecular weight excluding hydrogens is 392 g/mol. The number of amidine groups is 1. The van der Waals surface area contributed by atoms with Gasteiger partial charge in [-0.3, -0.25) is 9.69 Å². The molecule has 1 fully saturated rings. The molecule has 152 valence electrons. The minimum absolute atomic E-state index is 0.00220. The van der Waals surface area contributed by atoms with Crippen molar-refractivity contribution in [3.05, 3.63) is 95.6 Å². The van der Waals surface area contributed by atoms with E-state index in [2.05, 4.69) is 12.1 Å². The van der Waals surface area contributed by atoms with Gasteiger partial charge in [0.15, 0.2) is 5.17 Å². The topological polar surface area (TPSA) is 41.9 Å². The highest BCUT2D eigenvalue weighted by molar-refractivity contribution is 8.13. The van der Waals surface area contributed by atoms with Crippen LogP contribution in [0.15, 0.2) is 83.9 Å². The van der Waals surface area contributed by atoms with Crippen LogP contribution in [0.1, 0.15) is 27.9 Å². The zero-order chi connectivity index (χ0) is 20.8. The predicted octanol–water partition coefficient (Wildman–Crippen LogP) is 5.55. The van der Waals surface area contributed by atoms with E-state index in [-0.39, 0.29) is 5.91 Å². The third kappa shape index (κ3) is 4.57. The SMILES string of the molecule is COc1ccccc1N=C1SCCCN1C(=O)c1ccccc1Cc1ccccc1. The number of thioether (sulfide) groups is 1. The molecule has 1 heterocycles. The summed E-state index contributed by atoms with van der Waals surface area (Å²) in [6, 6.07) is 25.7. The highest BCUT2D eigenvalue weighted by Crippen LogP contribution is 2.30. The van der Waals surface area contributed by atoms with Crippen molar-refractivity contribution < 1.29 is 9.53 Å². The van der Waals surface area contributed by atoms with E-state index >= 15 is 0 Å². The lowest BCUT2D eigenvalue weighted by Gasteiger charge is -2.28. The average molecular weight is 417 g/mol. The largest absolute Gasteiger partial charge is 0.494 e. The Kier molecular flexibility index (Phi) is 6.50. The molecule has 3 aromatic rings. The number of hydrogen-bond donors (Lipinski definition) is 0. The zero-order valence-corrected chi connectivity index (χ0v) is 17.8. The molecule has 5 heteroatoms. The van der Waals surface area contributed by atoms with Crippen molar-refractivity contribution in [1.82, 2.24) is 4.90 Å². The smallest absolute Gasteiger partial charge is 0.260 e. The Bertz CT molecular complexity index is 1050. The molecule has 3 aromatic carbocycles. The standard InChI is InChI=1S/C25H24N2O2S/c1-29-23-15-8-7-14-22(23)26-25-27(16-9-17-30-25)24(28)21-13-6-5-12-20(21)18-19-10-3-2-4-11-19/h2-8,10-15H,9,16-18H2,1H3. The van der Waals surface area contributed by atoms with E-state index in [4.69, 9.17) is 9.73 Å². The van der Waals surface area contributed by atoms with Crippen molar-refractivity contribution >= 4 is 28.5 Å². The number of carbonyl (C=O) groups is 1. The van der Waals surface area contributed by atoms with Crippen molar-refractivity contribution in [3.63, 3.8) is 0 Å². The molecule has 0 bridgehead atoms. The van der Waals surface area contributed by atoms with E-state index in [1.807, 2.05) is 71.6 Å². The van der Waals surface area contributed by atoms with Gasteiger partial charge in [-0.15, -0.1) is 0 Å². The van der Waals surface area contributed by atoms with Crippen LogP contribution in [-0.2, 0) is 6.42 Å². The molecule has 0 spiro atoms. The molecule has 4 rings (SSSR count). The van der Waals surface area contributed by atoms with E-state index in [9.17, 15) is 4.79 Å². The second-order valence-corrected chi connectivity index (χ2v) is 8.11. The molecule has 30 heavy (non-hydrogen) atoms. The van der Waals surface area contributed by atoms with E-state index in [0.717, 1.165) is 40.6 Å². The summed E-state index contributed by atoms with van der Waals surface area (Å²) in [7, 11) is 1.63. The lowest BCUT2D eigenvalue weighted by atomic mass is 9.99. The Morgan fingerprint density at radius 3 is 2.57 bits per heavy atom. The molecule has 0 unspecified atom stereocenters. The Hall–Kier alpha value is -3.05. The molecule has 0 aromatic heterocycles. The van der Waals surface area contributed by atoms with Crippen molar-refractivity contribution in [2.24, 2.45) is 4.99 Å². The van der Waals surface area contributed by atoms with Gasteiger partial charge in [0.2, 0.25) is 0 Å². The zero-order valence-electron chi connectivity index (χ0n) is 17.0. The monoisotopic (exact) mass is 416 g/mol. The second-order valence-electron chi connectivity index (χ2n) is 7.04. The number of ether oxygens (including phenoxy) is 1. The summed E-state index contributed by atoms with van der Waals surface area (Å²) >= 11 is 1.62. The highest BCUT2D eigenvalue weighted by atomic mass is 32.2. The van der Waals surface area contributed by atoms with Crippen LogP contribution in [-0.4, -0.2) is 35.4 Å². The van der Waals surface area contributed by atoms with Gasteiger partial charge in [0.05, 0.1) is 7.11 Å². The van der Waals surface area contributed by atoms with Gasteiger partial charge in [0.1, 0.15) is 11.4 Å². The summed E-state index contributed by atoms with van der Waals surface area (Å²) in [5.74, 6) is 1.65. The van der Waals surface area contributed by atoms with Gasteiger partial charge >= 0.3 is 0 Å². The van der Waals surface area contributed by atoms with Gasteiger partial charge in [-0.1, -0.05) is 72.4 Å². The van der Waals surface area contributed by atoms with Gasteiger partial charge in [-0.05, 0) is 42.2 Å². The Morgan fingerprint density at radius 1 is 1.00 bits per heavy atom. The second kappa shape index (κ2) is 9.63. The Balaban J connectivity index is 1.65. The molecule has 1 aliphatic rings. The summed E-state index contributed by atoms with van der Waals surface area (Å²) in [5.41, 5.74) is 3.69. The van der Waals surface area contributed by atoms with E-state index in [1.54, 1.807) is 18.9 Å². The van der Waals surface area contributed by atoms with E-state index < -0.39 is 0 Å². The molecule has 0 atom stereocenters. The minimum atomic E-state index is 0.00220. The van der Waals surface area contributed by atoms with Crippen LogP contribution >= 0.6 is 11.8 Å². The fraction of sp³-hybridized carbons (Fsp3) is 0.200. The van der Waals surface area contributed by atoms with E-state index in [0.29, 0.717) is 12.3 Å². The summed E-state index contributed by atoms with van der Waals surface area (Å²) in [5, 5.41) is 0.727. The third-order valence-corrected chi connectivity index (χ3v) is 6.08. The van der Waals surface area contributed by atoms with Crippen LogP contribution in [0.2, 0.25) is 0 Å². The number of para-hydroxylation sites is 2. The summed E-state index contributed by atoms with van der Waals surface area (Å²) < 4.78 is 5.43. The van der Waals surface area contributed by atoms with Crippen LogP contribution in [0.3, 0.4) is 0 Å². The number of carbonyl (C=O) groups excluding carboxylic acids is 1. The maximum absolute atomic E-state index is 13.6. The number of methoxy groups -OCH3 is 1. The summed E-state index contributed by atoms with van der Waals surface area (Å²) in [6.07, 6.45) is 1.67. The van der Waals surface area contributed by atoms with Gasteiger partial charge in [-0.25, -0.2) is 4.99 Å². The van der Waals surface area contributed by atoms with Crippen molar-refractivity contribution in [1.29, 1.82) is 0 Å². The normalized spacial score (nSPS) is 15.2. The van der Waals surface area contributed by atoms with Crippen molar-refractivity contribution in [2.75, 3.05) is 19.4 Å². The number of benzene rings is 3. The third-order valence-electron chi connectivity index (χ3n) is 5.02. The molecule has 0 radical (unpaired) electrons. The first-order chi connectivity index (χ1) is 14.8. The Morgan fingerprint density at radius 2 is 1.73 bits per heavy atom. The highest BCUT2D eigenvalue weighted by Gasteiger charge is 2.26. The van der Waals surface area contributed by atoms with Gasteiger partial charge in [0.25, 0.3) is 5.91 Å². The van der Waals surface area contributed by atoms with Crippen LogP contribution in [0.5, 0.6) is 5.75 Å². The number of rotatable bonds is 5. The van der Waals surface area contributed by atoms with Gasteiger partial charge < -0.3 is 4.74 Å². The molecule has 0 saturated carbocycles. The molecular formula is C25H24N2O2S. The maximum atomic E-state index is 13.6. The first-order valence-electron chi connectivity index (χ1n) is 10.0. The van der Waals surface area contributed by atoms with Crippen molar-refractivity contribution in [2.45, 2.75) is 12.8 Å². The van der Waals surface area contributed by atoms with Crippen LogP contribution in [0.4, 0.5) is 5.69 Å². The van der Waals surface area contributed by atoms with Crippen LogP contribution < -0.4 is 4.74 Å². The maximum Gasteiger partial charge on any atom is 0.260 e. The fourth-order valence-electron chi connectivity index (χ4n) is 3.51. The van der Waals surface area contributed by atoms with Crippen molar-refractivity contribution in [3.8, 4) is 5.75 Å². The lowest BCUT2D eigenvalue weighted by Crippen LogP contribution is -2.39. The number of nitrogens with zero attached hydrogens (tertiary/aromatic N) is 2. The summed E-state index contributed by atoms with van der Waals surface area (Å²) in [6.45, 7) is 0.666. The Labute approximate surface area is 181 Å². The summed E-state index contributed by atoms with van der Waals surface area (Å²) in [4.78, 5) is 20.2. The molecule has 1 saturated heterocycles. The lowest BCUT2D eigenvalue weighted by molar-refractivity contribution is 0.0848. The molecule has 0 N–H and O–H groups in total. The first kappa shape index (κ1) is 20.2. The molecule has 1 amide bonds. The number of aliphatic imine (C=N–C) groups is 1. The number of amides is 1.